The number of nitrogens with one attached hydrogen (secondary N) is 1. The second kappa shape index (κ2) is 6.48. The molecule has 0 aliphatic heterocycles. The Balaban J connectivity index is 1.71. The Morgan fingerprint density at radius 3 is 3.00 bits per heavy atom. The molecule has 1 aromatic carbocycles. The smallest absolute Gasteiger partial charge is 0.273 e. The van der Waals surface area contributed by atoms with Gasteiger partial charge in [-0.25, -0.2) is 4.98 Å². The van der Waals surface area contributed by atoms with Crippen LogP contribution in [0.25, 0.3) is 0 Å². The van der Waals surface area contributed by atoms with Gasteiger partial charge in [0, 0.05) is 12.5 Å². The van der Waals surface area contributed by atoms with Crippen LogP contribution in [0, 0.1) is 0 Å². The van der Waals surface area contributed by atoms with Crippen molar-refractivity contribution in [1.82, 2.24) is 10.3 Å². The summed E-state index contributed by atoms with van der Waals surface area (Å²) in [7, 11) is 0. The van der Waals surface area contributed by atoms with E-state index >= 15 is 0 Å². The zero-order valence-corrected chi connectivity index (χ0v) is 13.6. The minimum Gasteiger partial charge on any atom is -0.505 e. The van der Waals surface area contributed by atoms with Crippen molar-refractivity contribution >= 4 is 21.8 Å². The van der Waals surface area contributed by atoms with E-state index in [4.69, 9.17) is 0 Å². The third-order valence-corrected chi connectivity index (χ3v) is 4.50. The normalized spacial score (nSPS) is 16.9. The molecular weight excluding hydrogens is 344 g/mol. The first-order valence-electron chi connectivity index (χ1n) is 7.36. The van der Waals surface area contributed by atoms with Crippen LogP contribution in [-0.4, -0.2) is 22.5 Å². The maximum absolute atomic E-state index is 12.2. The largest absolute Gasteiger partial charge is 0.505 e. The summed E-state index contributed by atoms with van der Waals surface area (Å²) >= 11 is 3.21. The second-order valence-corrected chi connectivity index (χ2v) is 6.31. The van der Waals surface area contributed by atoms with Gasteiger partial charge in [0.05, 0.1) is 0 Å². The van der Waals surface area contributed by atoms with E-state index in [1.807, 2.05) is 6.07 Å². The first-order valence-corrected chi connectivity index (χ1v) is 8.16. The van der Waals surface area contributed by atoms with E-state index in [0.29, 0.717) is 17.1 Å². The summed E-state index contributed by atoms with van der Waals surface area (Å²) in [5.41, 5.74) is 2.75. The predicted octanol–water partition coefficient (Wildman–Crippen LogP) is 3.40. The minimum atomic E-state index is -0.346. The summed E-state index contributed by atoms with van der Waals surface area (Å²) in [5, 5.41) is 12.7. The van der Waals surface area contributed by atoms with Gasteiger partial charge in [0.1, 0.15) is 10.4 Å². The molecule has 3 rings (SSSR count). The second-order valence-electron chi connectivity index (χ2n) is 5.50. The standard InChI is InChI=1S/C17H17BrN2O2/c18-15-9-8-14(21)16(20-15)17(22)19-10-12-6-3-5-11-4-1-2-7-13(11)12/h1-2,4,7-9,12,21H,3,5-6,10H2,(H,19,22). The highest BCUT2D eigenvalue weighted by Gasteiger charge is 2.21. The van der Waals surface area contributed by atoms with Crippen molar-refractivity contribution in [3.05, 3.63) is 57.8 Å². The molecule has 0 fully saturated rings. The monoisotopic (exact) mass is 360 g/mol. The Bertz CT molecular complexity index is 703. The highest BCUT2D eigenvalue weighted by Crippen LogP contribution is 2.31. The maximum Gasteiger partial charge on any atom is 0.273 e. The molecule has 1 atom stereocenters. The number of rotatable bonds is 3. The molecule has 1 aromatic heterocycles. The van der Waals surface area contributed by atoms with Gasteiger partial charge in [-0.2, -0.15) is 0 Å². The maximum atomic E-state index is 12.2. The summed E-state index contributed by atoms with van der Waals surface area (Å²) < 4.78 is 0.526. The molecule has 1 unspecified atom stereocenters. The third kappa shape index (κ3) is 3.14. The number of hydrogen-bond acceptors (Lipinski definition) is 3. The summed E-state index contributed by atoms with van der Waals surface area (Å²) in [4.78, 5) is 16.3. The Morgan fingerprint density at radius 1 is 1.32 bits per heavy atom. The van der Waals surface area contributed by atoms with Crippen LogP contribution in [0.15, 0.2) is 41.0 Å². The lowest BCUT2D eigenvalue weighted by molar-refractivity contribution is 0.0942. The molecule has 0 saturated carbocycles. The minimum absolute atomic E-state index is 0.0541. The first kappa shape index (κ1) is 15.0. The third-order valence-electron chi connectivity index (χ3n) is 4.06. The molecule has 1 heterocycles. The number of hydrogen-bond donors (Lipinski definition) is 2. The van der Waals surface area contributed by atoms with E-state index in [1.165, 1.54) is 17.2 Å². The van der Waals surface area contributed by atoms with Gasteiger partial charge in [0.25, 0.3) is 5.91 Å². The molecule has 5 heteroatoms. The van der Waals surface area contributed by atoms with E-state index in [2.05, 4.69) is 44.4 Å². The van der Waals surface area contributed by atoms with Crippen LogP contribution in [0.3, 0.4) is 0 Å². The van der Waals surface area contributed by atoms with Crippen LogP contribution in [0.2, 0.25) is 0 Å². The number of amides is 1. The van der Waals surface area contributed by atoms with Gasteiger partial charge in [-0.15, -0.1) is 0 Å². The number of fused-ring (bicyclic) bond motifs is 1. The number of halogens is 1. The van der Waals surface area contributed by atoms with Crippen molar-refractivity contribution in [2.75, 3.05) is 6.54 Å². The molecule has 0 bridgehead atoms. The van der Waals surface area contributed by atoms with Gasteiger partial charge >= 0.3 is 0 Å². The topological polar surface area (TPSA) is 62.2 Å². The average molecular weight is 361 g/mol. The lowest BCUT2D eigenvalue weighted by Gasteiger charge is -2.25. The Kier molecular flexibility index (Phi) is 4.43. The molecule has 0 radical (unpaired) electrons. The molecule has 1 aliphatic rings. The van der Waals surface area contributed by atoms with Crippen LogP contribution in [0.1, 0.15) is 40.4 Å². The van der Waals surface area contributed by atoms with Gasteiger partial charge in [-0.05, 0) is 58.5 Å². The van der Waals surface area contributed by atoms with E-state index in [1.54, 1.807) is 6.07 Å². The SMILES string of the molecule is O=C(NCC1CCCc2ccccc21)c1nc(Br)ccc1O. The number of aromatic hydroxyl groups is 1. The summed E-state index contributed by atoms with van der Waals surface area (Å²) in [6, 6.07) is 11.5. The molecule has 2 N–H and O–H groups in total. The number of carbonyl (C=O) groups is 1. The van der Waals surface area contributed by atoms with Crippen molar-refractivity contribution in [1.29, 1.82) is 0 Å². The van der Waals surface area contributed by atoms with Crippen LogP contribution in [0.4, 0.5) is 0 Å². The molecule has 2 aromatic rings. The highest BCUT2D eigenvalue weighted by atomic mass is 79.9. The van der Waals surface area contributed by atoms with Gasteiger partial charge in [-0.1, -0.05) is 24.3 Å². The molecular formula is C17H17BrN2O2. The molecule has 22 heavy (non-hydrogen) atoms. The fourth-order valence-corrected chi connectivity index (χ4v) is 3.27. The average Bonchev–Trinajstić information content (AvgIpc) is 2.54. The predicted molar refractivity (Wildman–Crippen MR) is 88.1 cm³/mol. The number of benzene rings is 1. The molecule has 1 aliphatic carbocycles. The van der Waals surface area contributed by atoms with Crippen molar-refractivity contribution in [3.8, 4) is 5.75 Å². The fraction of sp³-hybridized carbons (Fsp3) is 0.294. The molecule has 4 nitrogen and oxygen atoms in total. The van der Waals surface area contributed by atoms with Crippen LogP contribution in [0.5, 0.6) is 5.75 Å². The van der Waals surface area contributed by atoms with E-state index in [0.717, 1.165) is 19.3 Å². The Hall–Kier alpha value is -1.88. The highest BCUT2D eigenvalue weighted by molar-refractivity contribution is 9.10. The number of carbonyl (C=O) groups excluding carboxylic acids is 1. The van der Waals surface area contributed by atoms with E-state index in [9.17, 15) is 9.90 Å². The van der Waals surface area contributed by atoms with E-state index in [-0.39, 0.29) is 17.4 Å². The number of nitrogens with zero attached hydrogens (tertiary/aromatic N) is 1. The van der Waals surface area contributed by atoms with Crippen molar-refractivity contribution in [3.63, 3.8) is 0 Å². The number of pyridine rings is 1. The van der Waals surface area contributed by atoms with Gasteiger partial charge in [0.2, 0.25) is 0 Å². The Labute approximate surface area is 137 Å². The van der Waals surface area contributed by atoms with Gasteiger partial charge in [-0.3, -0.25) is 4.79 Å². The fourth-order valence-electron chi connectivity index (χ4n) is 2.96. The summed E-state index contributed by atoms with van der Waals surface area (Å²) in [6.07, 6.45) is 3.31. The molecule has 0 saturated heterocycles. The van der Waals surface area contributed by atoms with Crippen molar-refractivity contribution in [2.45, 2.75) is 25.2 Å². The summed E-state index contributed by atoms with van der Waals surface area (Å²) in [6.45, 7) is 0.559. The summed E-state index contributed by atoms with van der Waals surface area (Å²) in [5.74, 6) is -0.130. The molecule has 1 amide bonds. The lowest BCUT2D eigenvalue weighted by atomic mass is 9.83. The van der Waals surface area contributed by atoms with Gasteiger partial charge in [0.15, 0.2) is 5.69 Å². The first-order chi connectivity index (χ1) is 10.6. The zero-order valence-electron chi connectivity index (χ0n) is 12.1. The molecule has 0 spiro atoms. The zero-order chi connectivity index (χ0) is 15.5. The quantitative estimate of drug-likeness (QED) is 0.824. The van der Waals surface area contributed by atoms with Crippen LogP contribution < -0.4 is 5.32 Å². The number of aryl methyl sites for hydroxylation is 1. The van der Waals surface area contributed by atoms with Crippen LogP contribution >= 0.6 is 15.9 Å². The lowest BCUT2D eigenvalue weighted by Crippen LogP contribution is -2.30. The number of aromatic nitrogens is 1. The Morgan fingerprint density at radius 2 is 2.14 bits per heavy atom. The van der Waals surface area contributed by atoms with Crippen LogP contribution in [-0.2, 0) is 6.42 Å². The van der Waals surface area contributed by atoms with Crippen molar-refractivity contribution in [2.24, 2.45) is 0 Å². The van der Waals surface area contributed by atoms with E-state index < -0.39 is 0 Å². The molecule has 114 valence electrons. The van der Waals surface area contributed by atoms with Crippen molar-refractivity contribution < 1.29 is 9.90 Å². The van der Waals surface area contributed by atoms with Gasteiger partial charge < -0.3 is 10.4 Å².